The lowest BCUT2D eigenvalue weighted by molar-refractivity contribution is 0.0697. The standard InChI is InChI=1S/C13H9FO2.C2H6/c14-12-6-4-9(5-7-12)10-2-1-3-11(8-10)13(15)16;1-2/h1-8H,(H,15,16);1-2H3. The Morgan fingerprint density at radius 2 is 1.61 bits per heavy atom. The molecule has 0 atom stereocenters. The van der Waals surface area contributed by atoms with Crippen molar-refractivity contribution in [2.24, 2.45) is 0 Å². The molecule has 0 radical (unpaired) electrons. The van der Waals surface area contributed by atoms with Gasteiger partial charge >= 0.3 is 5.97 Å². The molecule has 0 bridgehead atoms. The van der Waals surface area contributed by atoms with Gasteiger partial charge in [0.05, 0.1) is 5.56 Å². The maximum atomic E-state index is 12.7. The van der Waals surface area contributed by atoms with Crippen LogP contribution >= 0.6 is 0 Å². The molecule has 0 fully saturated rings. The van der Waals surface area contributed by atoms with Crippen molar-refractivity contribution < 1.29 is 14.3 Å². The fourth-order valence-electron chi connectivity index (χ4n) is 1.47. The predicted octanol–water partition coefficient (Wildman–Crippen LogP) is 4.22. The SMILES string of the molecule is CC.O=C(O)c1cccc(-c2ccc(F)cc2)c1. The Kier molecular flexibility index (Phi) is 5.06. The van der Waals surface area contributed by atoms with E-state index in [1.807, 2.05) is 13.8 Å². The Bertz CT molecular complexity index is 518. The van der Waals surface area contributed by atoms with Gasteiger partial charge in [0.25, 0.3) is 0 Å². The first-order chi connectivity index (χ1) is 8.66. The number of halogens is 1. The van der Waals surface area contributed by atoms with Crippen LogP contribution in [-0.4, -0.2) is 11.1 Å². The van der Waals surface area contributed by atoms with Crippen LogP contribution in [-0.2, 0) is 0 Å². The number of hydrogen-bond donors (Lipinski definition) is 1. The average Bonchev–Trinajstić information content (AvgIpc) is 2.42. The van der Waals surface area contributed by atoms with Crippen LogP contribution in [0.5, 0.6) is 0 Å². The van der Waals surface area contributed by atoms with Gasteiger partial charge in [-0.2, -0.15) is 0 Å². The number of carboxylic acid groups (broad SMARTS) is 1. The molecule has 0 aliphatic rings. The van der Waals surface area contributed by atoms with E-state index in [2.05, 4.69) is 0 Å². The van der Waals surface area contributed by atoms with E-state index in [1.165, 1.54) is 18.2 Å². The van der Waals surface area contributed by atoms with Gasteiger partial charge in [-0.3, -0.25) is 0 Å². The van der Waals surface area contributed by atoms with Crippen molar-refractivity contribution in [2.75, 3.05) is 0 Å². The van der Waals surface area contributed by atoms with Gasteiger partial charge in [-0.1, -0.05) is 38.1 Å². The third-order valence-corrected chi connectivity index (χ3v) is 2.29. The summed E-state index contributed by atoms with van der Waals surface area (Å²) in [7, 11) is 0. The normalized spacial score (nSPS) is 9.28. The molecule has 0 amide bonds. The Balaban J connectivity index is 0.000000771. The highest BCUT2D eigenvalue weighted by molar-refractivity contribution is 5.89. The molecule has 0 spiro atoms. The van der Waals surface area contributed by atoms with Gasteiger partial charge in [-0.25, -0.2) is 9.18 Å². The highest BCUT2D eigenvalue weighted by Crippen LogP contribution is 2.20. The number of carboxylic acids is 1. The number of benzene rings is 2. The molecule has 2 rings (SSSR count). The number of aromatic carboxylic acids is 1. The topological polar surface area (TPSA) is 37.3 Å². The summed E-state index contributed by atoms with van der Waals surface area (Å²) in [6.07, 6.45) is 0. The molecule has 0 saturated carbocycles. The van der Waals surface area contributed by atoms with Gasteiger partial charge in [-0.05, 0) is 35.4 Å². The van der Waals surface area contributed by atoms with Gasteiger partial charge in [0, 0.05) is 0 Å². The minimum Gasteiger partial charge on any atom is -0.478 e. The van der Waals surface area contributed by atoms with Crippen molar-refractivity contribution in [3.63, 3.8) is 0 Å². The van der Waals surface area contributed by atoms with E-state index in [0.717, 1.165) is 11.1 Å². The van der Waals surface area contributed by atoms with E-state index < -0.39 is 5.97 Å². The Hall–Kier alpha value is -2.16. The first-order valence-corrected chi connectivity index (χ1v) is 5.76. The Morgan fingerprint density at radius 3 is 2.17 bits per heavy atom. The number of carbonyl (C=O) groups is 1. The third kappa shape index (κ3) is 3.42. The second kappa shape index (κ2) is 6.55. The highest BCUT2D eigenvalue weighted by atomic mass is 19.1. The molecule has 2 nitrogen and oxygen atoms in total. The predicted molar refractivity (Wildman–Crippen MR) is 70.1 cm³/mol. The quantitative estimate of drug-likeness (QED) is 0.861. The lowest BCUT2D eigenvalue weighted by Gasteiger charge is -2.02. The molecule has 0 unspecified atom stereocenters. The summed E-state index contributed by atoms with van der Waals surface area (Å²) in [4.78, 5) is 10.8. The Labute approximate surface area is 106 Å². The second-order valence-corrected chi connectivity index (χ2v) is 3.39. The molecule has 0 aliphatic carbocycles. The highest BCUT2D eigenvalue weighted by Gasteiger charge is 2.04. The van der Waals surface area contributed by atoms with Crippen molar-refractivity contribution in [1.82, 2.24) is 0 Å². The molecule has 0 aromatic heterocycles. The molecule has 2 aromatic carbocycles. The molecular weight excluding hydrogens is 231 g/mol. The van der Waals surface area contributed by atoms with Crippen LogP contribution in [0, 0.1) is 5.82 Å². The minimum absolute atomic E-state index is 0.224. The van der Waals surface area contributed by atoms with Crippen LogP contribution in [0.4, 0.5) is 4.39 Å². The molecule has 0 heterocycles. The smallest absolute Gasteiger partial charge is 0.335 e. The molecule has 1 N–H and O–H groups in total. The molecule has 2 aromatic rings. The monoisotopic (exact) mass is 246 g/mol. The van der Waals surface area contributed by atoms with Crippen molar-refractivity contribution >= 4 is 5.97 Å². The lowest BCUT2D eigenvalue weighted by atomic mass is 10.0. The maximum absolute atomic E-state index is 12.7. The van der Waals surface area contributed by atoms with E-state index in [-0.39, 0.29) is 11.4 Å². The molecule has 3 heteroatoms. The zero-order valence-electron chi connectivity index (χ0n) is 10.4. The van der Waals surface area contributed by atoms with Crippen LogP contribution in [0.3, 0.4) is 0 Å². The van der Waals surface area contributed by atoms with Crippen molar-refractivity contribution in [1.29, 1.82) is 0 Å². The van der Waals surface area contributed by atoms with Gasteiger partial charge < -0.3 is 5.11 Å². The summed E-state index contributed by atoms with van der Waals surface area (Å²) in [6, 6.07) is 12.5. The van der Waals surface area contributed by atoms with E-state index in [9.17, 15) is 9.18 Å². The molecule has 0 saturated heterocycles. The summed E-state index contributed by atoms with van der Waals surface area (Å²) >= 11 is 0. The molecule has 0 aliphatic heterocycles. The third-order valence-electron chi connectivity index (χ3n) is 2.29. The van der Waals surface area contributed by atoms with Crippen LogP contribution in [0.15, 0.2) is 48.5 Å². The fraction of sp³-hybridized carbons (Fsp3) is 0.133. The summed E-state index contributed by atoms with van der Waals surface area (Å²) in [5, 5.41) is 8.84. The van der Waals surface area contributed by atoms with Gasteiger partial charge in [0.1, 0.15) is 5.82 Å². The molecule has 18 heavy (non-hydrogen) atoms. The largest absolute Gasteiger partial charge is 0.478 e. The first-order valence-electron chi connectivity index (χ1n) is 5.76. The second-order valence-electron chi connectivity index (χ2n) is 3.39. The molecule has 94 valence electrons. The fourth-order valence-corrected chi connectivity index (χ4v) is 1.47. The van der Waals surface area contributed by atoms with Gasteiger partial charge in [0.2, 0.25) is 0 Å². The molecular formula is C15H15FO2. The average molecular weight is 246 g/mol. The van der Waals surface area contributed by atoms with E-state index >= 15 is 0 Å². The summed E-state index contributed by atoms with van der Waals surface area (Å²) in [6.45, 7) is 4.00. The lowest BCUT2D eigenvalue weighted by Crippen LogP contribution is -1.95. The van der Waals surface area contributed by atoms with Crippen LogP contribution < -0.4 is 0 Å². The summed E-state index contributed by atoms with van der Waals surface area (Å²) < 4.78 is 12.7. The summed E-state index contributed by atoms with van der Waals surface area (Å²) in [5.74, 6) is -1.28. The maximum Gasteiger partial charge on any atom is 0.335 e. The van der Waals surface area contributed by atoms with Crippen LogP contribution in [0.25, 0.3) is 11.1 Å². The van der Waals surface area contributed by atoms with Crippen molar-refractivity contribution in [2.45, 2.75) is 13.8 Å². The van der Waals surface area contributed by atoms with Crippen LogP contribution in [0.1, 0.15) is 24.2 Å². The minimum atomic E-state index is -0.969. The van der Waals surface area contributed by atoms with E-state index in [0.29, 0.717) is 0 Å². The number of rotatable bonds is 2. The van der Waals surface area contributed by atoms with Crippen molar-refractivity contribution in [3.05, 3.63) is 59.9 Å². The first kappa shape index (κ1) is 13.9. The van der Waals surface area contributed by atoms with Gasteiger partial charge in [-0.15, -0.1) is 0 Å². The number of hydrogen-bond acceptors (Lipinski definition) is 1. The van der Waals surface area contributed by atoms with E-state index in [4.69, 9.17) is 5.11 Å². The zero-order chi connectivity index (χ0) is 13.5. The zero-order valence-corrected chi connectivity index (χ0v) is 10.4. The summed E-state index contributed by atoms with van der Waals surface area (Å²) in [5.41, 5.74) is 1.78. The Morgan fingerprint density at radius 1 is 1.00 bits per heavy atom. The van der Waals surface area contributed by atoms with Crippen molar-refractivity contribution in [3.8, 4) is 11.1 Å². The van der Waals surface area contributed by atoms with Crippen LogP contribution in [0.2, 0.25) is 0 Å². The van der Waals surface area contributed by atoms with Gasteiger partial charge in [0.15, 0.2) is 0 Å². The van der Waals surface area contributed by atoms with E-state index in [1.54, 1.807) is 30.3 Å².